The smallest absolute Gasteiger partial charge is 0.443 e. The minimum absolute atomic E-state index is 0.0166. The van der Waals surface area contributed by atoms with Crippen molar-refractivity contribution < 1.29 is 32.0 Å². The van der Waals surface area contributed by atoms with Gasteiger partial charge in [-0.2, -0.15) is 13.2 Å². The van der Waals surface area contributed by atoms with Crippen molar-refractivity contribution in [2.45, 2.75) is 90.6 Å². The molecular weight excluding hydrogens is 448 g/mol. The zero-order valence-corrected chi connectivity index (χ0v) is 20.9. The summed E-state index contributed by atoms with van der Waals surface area (Å²) in [6.45, 7) is 14.8. The van der Waals surface area contributed by atoms with Crippen molar-refractivity contribution in [1.82, 2.24) is 4.98 Å². The Morgan fingerprint density at radius 3 is 2.18 bits per heavy atom. The number of hydrogen-bond acceptors (Lipinski definition) is 5. The number of alkyl halides is 3. The molecule has 1 aromatic heterocycles. The predicted octanol–water partition coefficient (Wildman–Crippen LogP) is 6.54. The molecule has 0 aromatic carbocycles. The lowest BCUT2D eigenvalue weighted by molar-refractivity contribution is -0.137. The summed E-state index contributed by atoms with van der Waals surface area (Å²) >= 11 is 0. The summed E-state index contributed by atoms with van der Waals surface area (Å²) in [7, 11) is -0.681. The standard InChI is InChI=1S/C24H32BF3N2O4/c1-15-9-11-18(17(13-15)25-33-22(5,6)23(7,8)34-25)30(20(31)32-21(2,3)4)19-12-10-16(14-29-19)24(26,27)28/h9-12,14,17H,13H2,1-8H3. The Morgan fingerprint density at radius 1 is 1.12 bits per heavy atom. The molecule has 1 aliphatic carbocycles. The van der Waals surface area contributed by atoms with Crippen molar-refractivity contribution >= 4 is 19.0 Å². The normalized spacial score (nSPS) is 22.2. The first-order valence-corrected chi connectivity index (χ1v) is 11.2. The number of rotatable bonds is 3. The molecule has 1 fully saturated rings. The van der Waals surface area contributed by atoms with Gasteiger partial charge >= 0.3 is 19.4 Å². The van der Waals surface area contributed by atoms with Crippen LogP contribution in [-0.2, 0) is 20.2 Å². The van der Waals surface area contributed by atoms with E-state index >= 15 is 0 Å². The second-order valence-corrected chi connectivity index (χ2v) is 10.8. The van der Waals surface area contributed by atoms with Gasteiger partial charge < -0.3 is 14.0 Å². The number of carbonyl (C=O) groups excluding carboxylic acids is 1. The number of amides is 1. The van der Waals surface area contributed by atoms with Gasteiger partial charge in [-0.3, -0.25) is 0 Å². The number of anilines is 1. The van der Waals surface area contributed by atoms with Gasteiger partial charge in [0, 0.05) is 17.7 Å². The molecule has 1 saturated heterocycles. The summed E-state index contributed by atoms with van der Waals surface area (Å²) in [5.41, 5.74) is -1.40. The highest BCUT2D eigenvalue weighted by atomic mass is 19.4. The molecule has 186 valence electrons. The van der Waals surface area contributed by atoms with Gasteiger partial charge in [0.25, 0.3) is 0 Å². The van der Waals surface area contributed by atoms with E-state index in [1.807, 2.05) is 40.7 Å². The Kier molecular flexibility index (Phi) is 6.74. The molecule has 1 amide bonds. The number of aromatic nitrogens is 1. The van der Waals surface area contributed by atoms with Crippen molar-refractivity contribution in [3.05, 3.63) is 47.3 Å². The van der Waals surface area contributed by atoms with Crippen molar-refractivity contribution in [3.8, 4) is 0 Å². The minimum atomic E-state index is -4.54. The van der Waals surface area contributed by atoms with Gasteiger partial charge in [-0.15, -0.1) is 0 Å². The summed E-state index contributed by atoms with van der Waals surface area (Å²) < 4.78 is 57.5. The van der Waals surface area contributed by atoms with Gasteiger partial charge in [-0.1, -0.05) is 11.6 Å². The minimum Gasteiger partial charge on any atom is -0.443 e. The van der Waals surface area contributed by atoms with Gasteiger partial charge in [-0.05, 0) is 80.0 Å². The van der Waals surface area contributed by atoms with Crippen LogP contribution in [0.3, 0.4) is 0 Å². The van der Waals surface area contributed by atoms with E-state index in [0.717, 1.165) is 11.6 Å². The average molecular weight is 480 g/mol. The molecule has 1 aromatic rings. The van der Waals surface area contributed by atoms with Gasteiger partial charge in [0.2, 0.25) is 0 Å². The van der Waals surface area contributed by atoms with Crippen LogP contribution in [0.5, 0.6) is 0 Å². The lowest BCUT2D eigenvalue weighted by atomic mass is 9.65. The molecule has 0 radical (unpaired) electrons. The molecule has 0 saturated carbocycles. The number of carbonyl (C=O) groups is 1. The zero-order chi connectivity index (χ0) is 25.7. The van der Waals surface area contributed by atoms with E-state index in [4.69, 9.17) is 14.0 Å². The third-order valence-electron chi connectivity index (χ3n) is 6.20. The van der Waals surface area contributed by atoms with E-state index in [9.17, 15) is 18.0 Å². The summed E-state index contributed by atoms with van der Waals surface area (Å²) in [6, 6.07) is 2.06. The Morgan fingerprint density at radius 2 is 1.71 bits per heavy atom. The highest BCUT2D eigenvalue weighted by Crippen LogP contribution is 2.46. The Hall–Kier alpha value is -2.33. The maximum absolute atomic E-state index is 13.3. The second kappa shape index (κ2) is 8.71. The lowest BCUT2D eigenvalue weighted by Gasteiger charge is -2.34. The molecular formula is C24H32BF3N2O4. The zero-order valence-electron chi connectivity index (χ0n) is 20.9. The van der Waals surface area contributed by atoms with Crippen LogP contribution in [0.1, 0.15) is 67.4 Å². The fourth-order valence-electron chi connectivity index (χ4n) is 3.72. The summed E-state index contributed by atoms with van der Waals surface area (Å²) in [4.78, 5) is 18.5. The van der Waals surface area contributed by atoms with E-state index in [1.165, 1.54) is 11.0 Å². The number of nitrogens with zero attached hydrogens (tertiary/aromatic N) is 2. The second-order valence-electron chi connectivity index (χ2n) is 10.8. The molecule has 0 spiro atoms. The lowest BCUT2D eigenvalue weighted by Crippen LogP contribution is -2.41. The predicted molar refractivity (Wildman–Crippen MR) is 124 cm³/mol. The Labute approximate surface area is 199 Å². The first-order valence-electron chi connectivity index (χ1n) is 11.2. The van der Waals surface area contributed by atoms with Crippen LogP contribution < -0.4 is 4.90 Å². The van der Waals surface area contributed by atoms with Crippen LogP contribution in [0, 0.1) is 0 Å². The number of pyridine rings is 1. The van der Waals surface area contributed by atoms with Gasteiger partial charge in [0.15, 0.2) is 0 Å². The fraction of sp³-hybridized carbons (Fsp3) is 0.583. The highest BCUT2D eigenvalue weighted by molar-refractivity contribution is 6.49. The van der Waals surface area contributed by atoms with E-state index in [1.54, 1.807) is 26.8 Å². The third-order valence-corrected chi connectivity index (χ3v) is 6.20. The van der Waals surface area contributed by atoms with Crippen LogP contribution in [0.15, 0.2) is 41.8 Å². The van der Waals surface area contributed by atoms with Crippen molar-refractivity contribution in [2.24, 2.45) is 0 Å². The fourth-order valence-corrected chi connectivity index (χ4v) is 3.72. The molecule has 2 aliphatic rings. The van der Waals surface area contributed by atoms with Crippen molar-refractivity contribution in [3.63, 3.8) is 0 Å². The first kappa shape index (κ1) is 26.3. The molecule has 34 heavy (non-hydrogen) atoms. The highest BCUT2D eigenvalue weighted by Gasteiger charge is 2.55. The molecule has 10 heteroatoms. The van der Waals surface area contributed by atoms with Gasteiger partial charge in [0.05, 0.1) is 16.8 Å². The molecule has 3 rings (SSSR count). The van der Waals surface area contributed by atoms with Gasteiger partial charge in [0.1, 0.15) is 11.4 Å². The maximum Gasteiger partial charge on any atom is 0.467 e. The Bertz CT molecular complexity index is 979. The van der Waals surface area contributed by atoms with E-state index in [2.05, 4.69) is 4.98 Å². The maximum atomic E-state index is 13.3. The summed E-state index contributed by atoms with van der Waals surface area (Å²) in [5.74, 6) is -0.398. The number of halogens is 3. The molecule has 1 unspecified atom stereocenters. The van der Waals surface area contributed by atoms with Crippen LogP contribution in [0.4, 0.5) is 23.8 Å². The van der Waals surface area contributed by atoms with E-state index < -0.39 is 47.6 Å². The quantitative estimate of drug-likeness (QED) is 0.460. The molecule has 1 aliphatic heterocycles. The van der Waals surface area contributed by atoms with Crippen LogP contribution >= 0.6 is 0 Å². The SMILES string of the molecule is CC1=CC=C(N(C(=O)OC(C)(C)C)c2ccc(C(F)(F)F)cn2)C(B2OC(C)(C)C(C)(C)O2)C1. The molecule has 1 atom stereocenters. The number of ether oxygens (including phenoxy) is 1. The molecule has 2 heterocycles. The van der Waals surface area contributed by atoms with Crippen LogP contribution in [0.25, 0.3) is 0 Å². The summed E-state index contributed by atoms with van der Waals surface area (Å²) in [5, 5.41) is 0. The Balaban J connectivity index is 2.06. The largest absolute Gasteiger partial charge is 0.467 e. The van der Waals surface area contributed by atoms with E-state index in [0.29, 0.717) is 18.3 Å². The third kappa shape index (κ3) is 5.49. The van der Waals surface area contributed by atoms with Crippen molar-refractivity contribution in [2.75, 3.05) is 4.90 Å². The van der Waals surface area contributed by atoms with Crippen LogP contribution in [-0.4, -0.2) is 35.0 Å². The monoisotopic (exact) mass is 480 g/mol. The average Bonchev–Trinajstić information content (AvgIpc) is 2.88. The van der Waals surface area contributed by atoms with Gasteiger partial charge in [-0.25, -0.2) is 14.7 Å². The first-order chi connectivity index (χ1) is 15.4. The molecule has 6 nitrogen and oxygen atoms in total. The van der Waals surface area contributed by atoms with E-state index in [-0.39, 0.29) is 5.82 Å². The number of allylic oxidation sites excluding steroid dienone is 4. The summed E-state index contributed by atoms with van der Waals surface area (Å²) in [6.07, 6.45) is -0.447. The topological polar surface area (TPSA) is 60.9 Å². The van der Waals surface area contributed by atoms with Crippen LogP contribution in [0.2, 0.25) is 5.82 Å². The molecule has 0 bridgehead atoms. The molecule has 0 N–H and O–H groups in total. The number of hydrogen-bond donors (Lipinski definition) is 0. The van der Waals surface area contributed by atoms with Crippen molar-refractivity contribution in [1.29, 1.82) is 0 Å².